The van der Waals surface area contributed by atoms with Crippen LogP contribution in [0.5, 0.6) is 5.75 Å². The van der Waals surface area contributed by atoms with Crippen LogP contribution in [0.15, 0.2) is 24.4 Å². The zero-order valence-corrected chi connectivity index (χ0v) is 12.1. The molecule has 0 saturated heterocycles. The van der Waals surface area contributed by atoms with E-state index in [1.807, 2.05) is 13.8 Å². The Morgan fingerprint density at radius 2 is 2.15 bits per heavy atom. The molecule has 106 valence electrons. The molecule has 6 heteroatoms. The lowest BCUT2D eigenvalue weighted by Crippen LogP contribution is -2.15. The number of halogens is 2. The second-order valence-electron chi connectivity index (χ2n) is 4.55. The fourth-order valence-electron chi connectivity index (χ4n) is 1.88. The number of hydrogen-bond acceptors (Lipinski definition) is 3. The fraction of sp³-hybridized carbons (Fsp3) is 0.286. The van der Waals surface area contributed by atoms with Crippen LogP contribution in [0.4, 0.5) is 4.39 Å². The van der Waals surface area contributed by atoms with Gasteiger partial charge in [-0.25, -0.2) is 4.39 Å². The molecule has 0 aliphatic carbocycles. The molecule has 0 N–H and O–H groups in total. The minimum Gasteiger partial charge on any atom is -0.497 e. The van der Waals surface area contributed by atoms with Gasteiger partial charge in [0.15, 0.2) is 0 Å². The monoisotopic (exact) mass is 296 g/mol. The average Bonchev–Trinajstić information content (AvgIpc) is 2.79. The summed E-state index contributed by atoms with van der Waals surface area (Å²) in [5.74, 6) is -0.800. The summed E-state index contributed by atoms with van der Waals surface area (Å²) in [4.78, 5) is 12.4. The van der Waals surface area contributed by atoms with Gasteiger partial charge in [0.25, 0.3) is 0 Å². The lowest BCUT2D eigenvalue weighted by atomic mass is 10.1. The Kier molecular flexibility index (Phi) is 4.09. The summed E-state index contributed by atoms with van der Waals surface area (Å²) in [5.41, 5.74) is 0.126. The molecule has 0 bridgehead atoms. The first-order valence-corrected chi connectivity index (χ1v) is 6.44. The van der Waals surface area contributed by atoms with Crippen molar-refractivity contribution in [3.05, 3.63) is 46.5 Å². The van der Waals surface area contributed by atoms with Crippen LogP contribution in [0.3, 0.4) is 0 Å². The highest BCUT2D eigenvalue weighted by molar-refractivity contribution is 6.34. The Labute approximate surface area is 121 Å². The van der Waals surface area contributed by atoms with Crippen LogP contribution in [0, 0.1) is 5.82 Å². The van der Waals surface area contributed by atoms with Gasteiger partial charge in [0.2, 0.25) is 5.78 Å². The number of benzene rings is 1. The number of aromatic nitrogens is 2. The molecule has 1 heterocycles. The SMILES string of the molecule is COc1ccc(C(=O)c2c(Cl)cnn2C(C)C)c(F)c1. The van der Waals surface area contributed by atoms with Gasteiger partial charge in [0, 0.05) is 12.1 Å². The average molecular weight is 297 g/mol. The van der Waals surface area contributed by atoms with Crippen molar-refractivity contribution in [2.45, 2.75) is 19.9 Å². The third kappa shape index (κ3) is 2.54. The zero-order valence-electron chi connectivity index (χ0n) is 11.4. The van der Waals surface area contributed by atoms with E-state index >= 15 is 0 Å². The summed E-state index contributed by atoms with van der Waals surface area (Å²) >= 11 is 5.99. The van der Waals surface area contributed by atoms with Gasteiger partial charge in [-0.2, -0.15) is 5.10 Å². The predicted molar refractivity (Wildman–Crippen MR) is 74.0 cm³/mol. The van der Waals surface area contributed by atoms with Gasteiger partial charge in [-0.05, 0) is 26.0 Å². The molecule has 1 aromatic carbocycles. The first kappa shape index (κ1) is 14.5. The standard InChI is InChI=1S/C14H14ClFN2O2/c1-8(2)18-13(11(15)7-17-18)14(19)10-5-4-9(20-3)6-12(10)16/h4-8H,1-3H3. The summed E-state index contributed by atoms with van der Waals surface area (Å²) in [5, 5.41) is 4.25. The van der Waals surface area contributed by atoms with Gasteiger partial charge >= 0.3 is 0 Å². The number of hydrogen-bond donors (Lipinski definition) is 0. The second kappa shape index (κ2) is 5.63. The summed E-state index contributed by atoms with van der Waals surface area (Å²) < 4.78 is 20.4. The third-order valence-electron chi connectivity index (χ3n) is 2.88. The van der Waals surface area contributed by atoms with Crippen LogP contribution < -0.4 is 4.74 Å². The molecule has 0 amide bonds. The number of ketones is 1. The number of methoxy groups -OCH3 is 1. The lowest BCUT2D eigenvalue weighted by Gasteiger charge is -2.11. The van der Waals surface area contributed by atoms with Crippen molar-refractivity contribution in [1.82, 2.24) is 9.78 Å². The highest BCUT2D eigenvalue weighted by Gasteiger charge is 2.23. The smallest absolute Gasteiger partial charge is 0.215 e. The van der Waals surface area contributed by atoms with E-state index in [0.717, 1.165) is 6.07 Å². The van der Waals surface area contributed by atoms with Crippen LogP contribution >= 0.6 is 11.6 Å². The molecule has 0 atom stereocenters. The molecule has 4 nitrogen and oxygen atoms in total. The van der Waals surface area contributed by atoms with Gasteiger partial charge in [0.1, 0.15) is 17.3 Å². The molecule has 2 rings (SSSR count). The fourth-order valence-corrected chi connectivity index (χ4v) is 2.10. The first-order chi connectivity index (χ1) is 9.45. The van der Waals surface area contributed by atoms with E-state index in [-0.39, 0.29) is 22.3 Å². The Hall–Kier alpha value is -1.88. The molecule has 0 aliphatic rings. The highest BCUT2D eigenvalue weighted by atomic mass is 35.5. The molecule has 0 fully saturated rings. The quantitative estimate of drug-likeness (QED) is 0.811. The molecular weight excluding hydrogens is 283 g/mol. The molecule has 20 heavy (non-hydrogen) atoms. The van der Waals surface area contributed by atoms with Crippen molar-refractivity contribution >= 4 is 17.4 Å². The summed E-state index contributed by atoms with van der Waals surface area (Å²) in [6.07, 6.45) is 1.39. The largest absolute Gasteiger partial charge is 0.497 e. The molecule has 0 saturated carbocycles. The van der Waals surface area contributed by atoms with E-state index in [1.54, 1.807) is 0 Å². The minimum absolute atomic E-state index is 0.0530. The van der Waals surface area contributed by atoms with E-state index in [0.29, 0.717) is 5.75 Å². The van der Waals surface area contributed by atoms with Gasteiger partial charge in [-0.3, -0.25) is 9.48 Å². The number of nitrogens with zero attached hydrogens (tertiary/aromatic N) is 2. The van der Waals surface area contributed by atoms with Crippen molar-refractivity contribution in [3.63, 3.8) is 0 Å². The molecule has 0 spiro atoms. The summed E-state index contributed by atoms with van der Waals surface area (Å²) in [6.45, 7) is 3.73. The minimum atomic E-state index is -0.651. The van der Waals surface area contributed by atoms with Crippen molar-refractivity contribution in [1.29, 1.82) is 0 Å². The maximum absolute atomic E-state index is 14.0. The number of rotatable bonds is 4. The summed E-state index contributed by atoms with van der Waals surface area (Å²) in [7, 11) is 1.43. The van der Waals surface area contributed by atoms with Crippen LogP contribution in [-0.2, 0) is 0 Å². The highest BCUT2D eigenvalue weighted by Crippen LogP contribution is 2.25. The Morgan fingerprint density at radius 3 is 2.70 bits per heavy atom. The number of carbonyl (C=O) groups is 1. The van der Waals surface area contributed by atoms with E-state index in [9.17, 15) is 9.18 Å². The van der Waals surface area contributed by atoms with Crippen molar-refractivity contribution < 1.29 is 13.9 Å². The van der Waals surface area contributed by atoms with Crippen LogP contribution in [0.25, 0.3) is 0 Å². The molecule has 0 unspecified atom stereocenters. The van der Waals surface area contributed by atoms with E-state index in [2.05, 4.69) is 5.10 Å². The molecule has 1 aromatic heterocycles. The Morgan fingerprint density at radius 1 is 1.45 bits per heavy atom. The van der Waals surface area contributed by atoms with Crippen molar-refractivity contribution in [3.8, 4) is 5.75 Å². The Bertz CT molecular complexity index is 653. The number of ether oxygens (including phenoxy) is 1. The van der Waals surface area contributed by atoms with Crippen LogP contribution in [0.1, 0.15) is 35.9 Å². The normalized spacial score (nSPS) is 10.9. The predicted octanol–water partition coefficient (Wildman–Crippen LogP) is 3.50. The van der Waals surface area contributed by atoms with E-state index in [4.69, 9.17) is 16.3 Å². The van der Waals surface area contributed by atoms with Gasteiger partial charge in [-0.1, -0.05) is 11.6 Å². The maximum atomic E-state index is 14.0. The van der Waals surface area contributed by atoms with Gasteiger partial charge in [0.05, 0.1) is 23.9 Å². The summed E-state index contributed by atoms with van der Waals surface area (Å²) in [6, 6.07) is 4.02. The molecule has 2 aromatic rings. The third-order valence-corrected chi connectivity index (χ3v) is 3.15. The van der Waals surface area contributed by atoms with Crippen molar-refractivity contribution in [2.75, 3.05) is 7.11 Å². The van der Waals surface area contributed by atoms with Crippen molar-refractivity contribution in [2.24, 2.45) is 0 Å². The van der Waals surface area contributed by atoms with E-state index < -0.39 is 11.6 Å². The zero-order chi connectivity index (χ0) is 14.9. The lowest BCUT2D eigenvalue weighted by molar-refractivity contribution is 0.102. The molecule has 0 aliphatic heterocycles. The maximum Gasteiger partial charge on any atom is 0.215 e. The number of carbonyl (C=O) groups excluding carboxylic acids is 1. The van der Waals surface area contributed by atoms with Crippen LogP contribution in [-0.4, -0.2) is 22.7 Å². The molecular formula is C14H14ClFN2O2. The topological polar surface area (TPSA) is 44.1 Å². The second-order valence-corrected chi connectivity index (χ2v) is 4.96. The van der Waals surface area contributed by atoms with Gasteiger partial charge in [-0.15, -0.1) is 0 Å². The van der Waals surface area contributed by atoms with Gasteiger partial charge < -0.3 is 4.74 Å². The first-order valence-electron chi connectivity index (χ1n) is 6.07. The van der Waals surface area contributed by atoms with E-state index in [1.165, 1.54) is 30.1 Å². The Balaban J connectivity index is 2.49. The molecule has 0 radical (unpaired) electrons. The van der Waals surface area contributed by atoms with Crippen LogP contribution in [0.2, 0.25) is 5.02 Å².